The highest BCUT2D eigenvalue weighted by atomic mass is 16.5. The molecule has 0 saturated heterocycles. The van der Waals surface area contributed by atoms with Crippen LogP contribution in [-0.4, -0.2) is 47.4 Å². The van der Waals surface area contributed by atoms with Crippen molar-refractivity contribution in [2.75, 3.05) is 13.2 Å². The van der Waals surface area contributed by atoms with Crippen molar-refractivity contribution in [2.24, 2.45) is 0 Å². The van der Waals surface area contributed by atoms with Crippen LogP contribution in [0.3, 0.4) is 0 Å². The standard InChI is InChI=1S/C64H125NO5/c1-3-5-7-9-11-13-15-17-19-20-26-29-32-36-40-44-48-52-56-62(67)61(60-66)65-63(68)57-53-49-45-41-37-33-30-27-24-22-21-23-25-28-31-35-39-43-47-51-55-59-70-64(69)58-54-50-46-42-38-34-18-16-14-12-10-8-6-4-2/h52,56,61-62,66-67H,3-51,53-55,57-60H2,1-2H3,(H,65,68)/b56-52+. The average molecular weight is 989 g/mol. The van der Waals surface area contributed by atoms with Gasteiger partial charge >= 0.3 is 5.97 Å². The smallest absolute Gasteiger partial charge is 0.305 e. The van der Waals surface area contributed by atoms with Crippen LogP contribution in [0.5, 0.6) is 0 Å². The van der Waals surface area contributed by atoms with Crippen LogP contribution in [0, 0.1) is 0 Å². The van der Waals surface area contributed by atoms with Crippen molar-refractivity contribution >= 4 is 11.9 Å². The Labute approximate surface area is 438 Å². The van der Waals surface area contributed by atoms with E-state index < -0.39 is 12.1 Å². The normalized spacial score (nSPS) is 12.6. The monoisotopic (exact) mass is 988 g/mol. The van der Waals surface area contributed by atoms with E-state index in [4.69, 9.17) is 4.74 Å². The van der Waals surface area contributed by atoms with Gasteiger partial charge in [-0.05, 0) is 32.1 Å². The molecule has 0 aliphatic heterocycles. The summed E-state index contributed by atoms with van der Waals surface area (Å²) in [7, 11) is 0. The van der Waals surface area contributed by atoms with Crippen LogP contribution in [0.4, 0.5) is 0 Å². The van der Waals surface area contributed by atoms with Crippen LogP contribution >= 0.6 is 0 Å². The summed E-state index contributed by atoms with van der Waals surface area (Å²) in [5.74, 6) is -0.0511. The quantitative estimate of drug-likeness (QED) is 0.0321. The summed E-state index contributed by atoms with van der Waals surface area (Å²) in [6, 6.07) is -0.628. The number of rotatable bonds is 60. The average Bonchev–Trinajstić information content (AvgIpc) is 3.36. The summed E-state index contributed by atoms with van der Waals surface area (Å²) in [6.45, 7) is 4.94. The number of hydrogen-bond donors (Lipinski definition) is 3. The Morgan fingerprint density at radius 2 is 0.657 bits per heavy atom. The van der Waals surface area contributed by atoms with Crippen molar-refractivity contribution < 1.29 is 24.5 Å². The molecule has 1 amide bonds. The number of esters is 1. The molecule has 70 heavy (non-hydrogen) atoms. The van der Waals surface area contributed by atoms with E-state index in [1.807, 2.05) is 6.08 Å². The van der Waals surface area contributed by atoms with E-state index in [0.717, 1.165) is 38.5 Å². The minimum atomic E-state index is -0.845. The molecule has 6 nitrogen and oxygen atoms in total. The summed E-state index contributed by atoms with van der Waals surface area (Å²) < 4.78 is 5.49. The van der Waals surface area contributed by atoms with E-state index in [9.17, 15) is 19.8 Å². The molecule has 2 unspecified atom stereocenters. The number of aliphatic hydroxyl groups excluding tert-OH is 2. The maximum absolute atomic E-state index is 12.5. The largest absolute Gasteiger partial charge is 0.466 e. The number of allylic oxidation sites excluding steroid dienone is 1. The molecule has 416 valence electrons. The lowest BCUT2D eigenvalue weighted by Crippen LogP contribution is -2.45. The molecule has 0 radical (unpaired) electrons. The summed E-state index contributed by atoms with van der Waals surface area (Å²) in [4.78, 5) is 24.5. The summed E-state index contributed by atoms with van der Waals surface area (Å²) >= 11 is 0. The molecule has 0 bridgehead atoms. The maximum atomic E-state index is 12.5. The molecule has 0 heterocycles. The van der Waals surface area contributed by atoms with Crippen molar-refractivity contribution in [3.05, 3.63) is 12.2 Å². The van der Waals surface area contributed by atoms with E-state index in [1.54, 1.807) is 6.08 Å². The zero-order chi connectivity index (χ0) is 50.7. The van der Waals surface area contributed by atoms with Crippen molar-refractivity contribution in [3.8, 4) is 0 Å². The molecule has 0 aromatic carbocycles. The molecule has 0 aliphatic carbocycles. The predicted molar refractivity (Wildman–Crippen MR) is 306 cm³/mol. The number of ether oxygens (including phenoxy) is 1. The number of amides is 1. The van der Waals surface area contributed by atoms with Crippen LogP contribution in [0.1, 0.15) is 361 Å². The van der Waals surface area contributed by atoms with Gasteiger partial charge in [-0.25, -0.2) is 0 Å². The second-order valence-electron chi connectivity index (χ2n) is 22.1. The number of hydrogen-bond acceptors (Lipinski definition) is 5. The van der Waals surface area contributed by atoms with Crippen LogP contribution in [0.2, 0.25) is 0 Å². The fourth-order valence-electron chi connectivity index (χ4n) is 10.2. The van der Waals surface area contributed by atoms with Crippen molar-refractivity contribution in [2.45, 2.75) is 373 Å². The van der Waals surface area contributed by atoms with Crippen molar-refractivity contribution in [3.63, 3.8) is 0 Å². The van der Waals surface area contributed by atoms with E-state index in [-0.39, 0.29) is 18.5 Å². The predicted octanol–water partition coefficient (Wildman–Crippen LogP) is 20.0. The van der Waals surface area contributed by atoms with Gasteiger partial charge in [0.05, 0.1) is 25.4 Å². The van der Waals surface area contributed by atoms with Gasteiger partial charge in [-0.15, -0.1) is 0 Å². The summed E-state index contributed by atoms with van der Waals surface area (Å²) in [5, 5.41) is 23.2. The summed E-state index contributed by atoms with van der Waals surface area (Å²) in [5.41, 5.74) is 0. The molecule has 0 aliphatic rings. The third kappa shape index (κ3) is 55.9. The molecule has 0 rings (SSSR count). The van der Waals surface area contributed by atoms with Crippen LogP contribution in [0.25, 0.3) is 0 Å². The number of carbonyl (C=O) groups is 2. The number of carbonyl (C=O) groups excluding carboxylic acids is 2. The maximum Gasteiger partial charge on any atom is 0.305 e. The molecule has 0 fully saturated rings. The van der Waals surface area contributed by atoms with Crippen molar-refractivity contribution in [1.29, 1.82) is 0 Å². The molecular formula is C64H125NO5. The lowest BCUT2D eigenvalue weighted by atomic mass is 10.0. The Morgan fingerprint density at radius 3 is 0.971 bits per heavy atom. The molecule has 0 aromatic heterocycles. The first-order valence-corrected chi connectivity index (χ1v) is 32.0. The minimum absolute atomic E-state index is 0.0145. The topological polar surface area (TPSA) is 95.9 Å². The van der Waals surface area contributed by atoms with Crippen LogP contribution < -0.4 is 5.32 Å². The van der Waals surface area contributed by atoms with Crippen LogP contribution in [-0.2, 0) is 14.3 Å². The van der Waals surface area contributed by atoms with Gasteiger partial charge < -0.3 is 20.3 Å². The highest BCUT2D eigenvalue weighted by Crippen LogP contribution is 2.18. The Morgan fingerprint density at radius 1 is 0.386 bits per heavy atom. The first-order chi connectivity index (χ1) is 34.5. The third-order valence-electron chi connectivity index (χ3n) is 15.1. The van der Waals surface area contributed by atoms with Gasteiger partial charge in [-0.3, -0.25) is 9.59 Å². The molecule has 0 spiro atoms. The Kier molecular flexibility index (Phi) is 59.0. The number of unbranched alkanes of at least 4 members (excludes halogenated alkanes) is 49. The zero-order valence-electron chi connectivity index (χ0n) is 47.5. The van der Waals surface area contributed by atoms with Gasteiger partial charge in [0.25, 0.3) is 0 Å². The highest BCUT2D eigenvalue weighted by molar-refractivity contribution is 5.76. The summed E-state index contributed by atoms with van der Waals surface area (Å²) in [6.07, 6.45) is 72.5. The first kappa shape index (κ1) is 68.6. The van der Waals surface area contributed by atoms with E-state index in [2.05, 4.69) is 19.2 Å². The fraction of sp³-hybridized carbons (Fsp3) is 0.938. The van der Waals surface area contributed by atoms with Gasteiger partial charge in [0, 0.05) is 12.8 Å². The number of aliphatic hydroxyl groups is 2. The fourth-order valence-corrected chi connectivity index (χ4v) is 10.2. The third-order valence-corrected chi connectivity index (χ3v) is 15.1. The van der Waals surface area contributed by atoms with Gasteiger partial charge in [0.1, 0.15) is 0 Å². The van der Waals surface area contributed by atoms with Gasteiger partial charge in [-0.1, -0.05) is 328 Å². The first-order valence-electron chi connectivity index (χ1n) is 32.0. The van der Waals surface area contributed by atoms with Gasteiger partial charge in [0.2, 0.25) is 5.91 Å². The van der Waals surface area contributed by atoms with Gasteiger partial charge in [0.15, 0.2) is 0 Å². The second kappa shape index (κ2) is 60.2. The van der Waals surface area contributed by atoms with E-state index in [0.29, 0.717) is 19.4 Å². The lowest BCUT2D eigenvalue weighted by molar-refractivity contribution is -0.143. The zero-order valence-corrected chi connectivity index (χ0v) is 47.5. The Hall–Kier alpha value is -1.40. The molecule has 0 aromatic rings. The molecular weight excluding hydrogens is 863 g/mol. The van der Waals surface area contributed by atoms with Crippen molar-refractivity contribution in [1.82, 2.24) is 5.32 Å². The SMILES string of the molecule is CCCCCCCCCCCCCCCCCC/C=C/C(O)C(CO)NC(=O)CCCCCCCCCCCCCCCCCCCCCCCOC(=O)CCCCCCCCCCCCCCCC. The van der Waals surface area contributed by atoms with Gasteiger partial charge in [-0.2, -0.15) is 0 Å². The van der Waals surface area contributed by atoms with E-state index >= 15 is 0 Å². The van der Waals surface area contributed by atoms with Crippen LogP contribution in [0.15, 0.2) is 12.2 Å². The second-order valence-corrected chi connectivity index (χ2v) is 22.1. The lowest BCUT2D eigenvalue weighted by Gasteiger charge is -2.20. The molecule has 6 heteroatoms. The van der Waals surface area contributed by atoms with E-state index in [1.165, 1.54) is 295 Å². The highest BCUT2D eigenvalue weighted by Gasteiger charge is 2.18. The number of nitrogens with one attached hydrogen (secondary N) is 1. The molecule has 2 atom stereocenters. The molecule has 3 N–H and O–H groups in total. The Bertz CT molecular complexity index is 1050. The Balaban J connectivity index is 3.40. The minimum Gasteiger partial charge on any atom is -0.466 e. The molecule has 0 saturated carbocycles.